The van der Waals surface area contributed by atoms with E-state index in [2.05, 4.69) is 0 Å². The first-order valence-corrected chi connectivity index (χ1v) is 6.84. The molecule has 0 heterocycles. The molecule has 5 nitrogen and oxygen atoms in total. The van der Waals surface area contributed by atoms with E-state index in [4.69, 9.17) is 5.11 Å². The molecule has 0 aromatic heterocycles. The van der Waals surface area contributed by atoms with Crippen LogP contribution in [-0.4, -0.2) is 26.5 Å². The van der Waals surface area contributed by atoms with Gasteiger partial charge in [-0.2, -0.15) is 0 Å². The Morgan fingerprint density at radius 2 is 2.11 bits per heavy atom. The minimum absolute atomic E-state index is 0.105. The number of nitro groups is 1. The minimum atomic E-state index is -0.879. The van der Waals surface area contributed by atoms with Crippen molar-refractivity contribution in [3.63, 3.8) is 0 Å². The molecule has 0 spiro atoms. The second-order valence-corrected chi connectivity index (χ2v) is 6.52. The Morgan fingerprint density at radius 3 is 2.63 bits per heavy atom. The zero-order valence-electron chi connectivity index (χ0n) is 11.2. The number of rotatable bonds is 6. The standard InChI is InChI=1S/C13H17NO4S/c1-9-4-5-10(11(8-9)14(17)18)6-7-19-13(2,3)12(15)16/h4-5,8H,6-7H2,1-3H3,(H,15,16). The molecule has 6 heteroatoms. The molecule has 0 radical (unpaired) electrons. The van der Waals surface area contributed by atoms with E-state index >= 15 is 0 Å². The van der Waals surface area contributed by atoms with Crippen molar-refractivity contribution in [1.29, 1.82) is 0 Å². The first-order chi connectivity index (χ1) is 8.74. The number of thioether (sulfide) groups is 1. The van der Waals surface area contributed by atoms with E-state index in [0.29, 0.717) is 17.7 Å². The largest absolute Gasteiger partial charge is 0.480 e. The van der Waals surface area contributed by atoms with Crippen molar-refractivity contribution in [1.82, 2.24) is 0 Å². The number of hydrogen-bond acceptors (Lipinski definition) is 4. The van der Waals surface area contributed by atoms with E-state index in [9.17, 15) is 14.9 Å². The Kier molecular flexibility index (Phi) is 4.94. The predicted octanol–water partition coefficient (Wildman–Crippen LogP) is 3.04. The van der Waals surface area contributed by atoms with Gasteiger partial charge in [0.25, 0.3) is 5.69 Å². The number of nitro benzene ring substituents is 1. The van der Waals surface area contributed by atoms with Crippen LogP contribution in [0.5, 0.6) is 0 Å². The molecular formula is C13H17NO4S. The number of aliphatic carboxylic acids is 1. The molecular weight excluding hydrogens is 266 g/mol. The molecule has 0 fully saturated rings. The topological polar surface area (TPSA) is 80.4 Å². The van der Waals surface area contributed by atoms with Crippen LogP contribution in [0, 0.1) is 17.0 Å². The lowest BCUT2D eigenvalue weighted by molar-refractivity contribution is -0.385. The van der Waals surface area contributed by atoms with Gasteiger partial charge in [0, 0.05) is 11.6 Å². The van der Waals surface area contributed by atoms with Crippen molar-refractivity contribution in [3.8, 4) is 0 Å². The number of carboxylic acids is 1. The van der Waals surface area contributed by atoms with Crippen molar-refractivity contribution in [2.75, 3.05) is 5.75 Å². The van der Waals surface area contributed by atoms with Crippen LogP contribution in [0.3, 0.4) is 0 Å². The van der Waals surface area contributed by atoms with Crippen LogP contribution in [0.1, 0.15) is 25.0 Å². The molecule has 0 saturated heterocycles. The number of carbonyl (C=O) groups is 1. The van der Waals surface area contributed by atoms with Crippen LogP contribution in [0.4, 0.5) is 5.69 Å². The fraction of sp³-hybridized carbons (Fsp3) is 0.462. The third kappa shape index (κ3) is 4.24. The molecule has 0 atom stereocenters. The summed E-state index contributed by atoms with van der Waals surface area (Å²) in [5.41, 5.74) is 1.59. The highest BCUT2D eigenvalue weighted by Gasteiger charge is 2.27. The van der Waals surface area contributed by atoms with Crippen LogP contribution >= 0.6 is 11.8 Å². The lowest BCUT2D eigenvalue weighted by atomic mass is 10.1. The van der Waals surface area contributed by atoms with E-state index in [1.807, 2.05) is 6.07 Å². The number of carboxylic acid groups (broad SMARTS) is 1. The van der Waals surface area contributed by atoms with Crippen LogP contribution in [0.2, 0.25) is 0 Å². The normalized spacial score (nSPS) is 11.3. The van der Waals surface area contributed by atoms with Gasteiger partial charge in [0.2, 0.25) is 0 Å². The molecule has 0 bridgehead atoms. The minimum Gasteiger partial charge on any atom is -0.480 e. The van der Waals surface area contributed by atoms with Crippen LogP contribution in [-0.2, 0) is 11.2 Å². The summed E-state index contributed by atoms with van der Waals surface area (Å²) >= 11 is 1.28. The van der Waals surface area contributed by atoms with Gasteiger partial charge < -0.3 is 5.11 Å². The SMILES string of the molecule is Cc1ccc(CCSC(C)(C)C(=O)O)c([N+](=O)[O-])c1. The molecule has 1 aromatic carbocycles. The summed E-state index contributed by atoms with van der Waals surface area (Å²) in [7, 11) is 0. The average molecular weight is 283 g/mol. The van der Waals surface area contributed by atoms with Gasteiger partial charge in [-0.3, -0.25) is 14.9 Å². The molecule has 1 rings (SSSR count). The highest BCUT2D eigenvalue weighted by molar-refractivity contribution is 8.01. The number of benzene rings is 1. The van der Waals surface area contributed by atoms with Gasteiger partial charge in [0.1, 0.15) is 4.75 Å². The Morgan fingerprint density at radius 1 is 1.47 bits per heavy atom. The number of hydrogen-bond donors (Lipinski definition) is 1. The number of aryl methyl sites for hydroxylation is 2. The van der Waals surface area contributed by atoms with Crippen molar-refractivity contribution in [2.24, 2.45) is 0 Å². The Bertz CT molecular complexity index is 499. The number of nitrogens with zero attached hydrogens (tertiary/aromatic N) is 1. The Hall–Kier alpha value is -1.56. The molecule has 0 aliphatic rings. The lowest BCUT2D eigenvalue weighted by Gasteiger charge is -2.18. The molecule has 0 amide bonds. The van der Waals surface area contributed by atoms with Gasteiger partial charge in [-0.25, -0.2) is 0 Å². The fourth-order valence-corrected chi connectivity index (χ4v) is 2.49. The molecule has 104 valence electrons. The second kappa shape index (κ2) is 6.06. The van der Waals surface area contributed by atoms with Crippen molar-refractivity contribution in [3.05, 3.63) is 39.4 Å². The summed E-state index contributed by atoms with van der Waals surface area (Å²) in [6.45, 7) is 5.06. The fourth-order valence-electron chi connectivity index (χ4n) is 1.53. The van der Waals surface area contributed by atoms with Crippen molar-refractivity contribution >= 4 is 23.4 Å². The quantitative estimate of drug-likeness (QED) is 0.641. The molecule has 1 aromatic rings. The van der Waals surface area contributed by atoms with Crippen LogP contribution < -0.4 is 0 Å². The van der Waals surface area contributed by atoms with Crippen LogP contribution in [0.15, 0.2) is 18.2 Å². The van der Waals surface area contributed by atoms with E-state index in [1.54, 1.807) is 32.9 Å². The zero-order valence-corrected chi connectivity index (χ0v) is 12.0. The summed E-state index contributed by atoms with van der Waals surface area (Å²) in [4.78, 5) is 21.5. The second-order valence-electron chi connectivity index (χ2n) is 4.80. The van der Waals surface area contributed by atoms with E-state index in [1.165, 1.54) is 11.8 Å². The first kappa shape index (κ1) is 15.5. The first-order valence-electron chi connectivity index (χ1n) is 5.85. The Labute approximate surface area is 116 Å². The van der Waals surface area contributed by atoms with Gasteiger partial charge in [-0.1, -0.05) is 12.1 Å². The van der Waals surface area contributed by atoms with Gasteiger partial charge in [0.15, 0.2) is 0 Å². The molecule has 19 heavy (non-hydrogen) atoms. The van der Waals surface area contributed by atoms with E-state index in [-0.39, 0.29) is 5.69 Å². The summed E-state index contributed by atoms with van der Waals surface area (Å²) in [5.74, 6) is -0.348. The highest BCUT2D eigenvalue weighted by Crippen LogP contribution is 2.27. The van der Waals surface area contributed by atoms with Crippen molar-refractivity contribution < 1.29 is 14.8 Å². The van der Waals surface area contributed by atoms with Gasteiger partial charge >= 0.3 is 5.97 Å². The lowest BCUT2D eigenvalue weighted by Crippen LogP contribution is -2.27. The van der Waals surface area contributed by atoms with Crippen molar-refractivity contribution in [2.45, 2.75) is 31.9 Å². The molecule has 0 aliphatic heterocycles. The molecule has 0 unspecified atom stereocenters. The summed E-state index contributed by atoms with van der Waals surface area (Å²) in [6.07, 6.45) is 0.484. The predicted molar refractivity (Wildman–Crippen MR) is 75.7 cm³/mol. The van der Waals surface area contributed by atoms with Gasteiger partial charge in [-0.05, 0) is 38.5 Å². The average Bonchev–Trinajstić information content (AvgIpc) is 2.30. The zero-order chi connectivity index (χ0) is 14.6. The highest BCUT2D eigenvalue weighted by atomic mass is 32.2. The Balaban J connectivity index is 2.74. The summed E-state index contributed by atoms with van der Waals surface area (Å²) in [5, 5.41) is 19.9. The van der Waals surface area contributed by atoms with Crippen LogP contribution in [0.25, 0.3) is 0 Å². The monoisotopic (exact) mass is 283 g/mol. The summed E-state index contributed by atoms with van der Waals surface area (Å²) < 4.78 is -0.876. The third-order valence-electron chi connectivity index (χ3n) is 2.79. The molecule has 0 aliphatic carbocycles. The maximum atomic E-state index is 11.0. The third-order valence-corrected chi connectivity index (χ3v) is 4.09. The van der Waals surface area contributed by atoms with E-state index in [0.717, 1.165) is 5.56 Å². The van der Waals surface area contributed by atoms with Gasteiger partial charge in [0.05, 0.1) is 4.92 Å². The maximum absolute atomic E-state index is 11.0. The van der Waals surface area contributed by atoms with E-state index < -0.39 is 15.6 Å². The van der Waals surface area contributed by atoms with Gasteiger partial charge in [-0.15, -0.1) is 11.8 Å². The molecule has 1 N–H and O–H groups in total. The maximum Gasteiger partial charge on any atom is 0.319 e. The molecule has 0 saturated carbocycles. The summed E-state index contributed by atoms with van der Waals surface area (Å²) in [6, 6.07) is 5.11. The smallest absolute Gasteiger partial charge is 0.319 e.